The molecule has 15 heavy (non-hydrogen) atoms. The van der Waals surface area contributed by atoms with Crippen molar-refractivity contribution in [3.05, 3.63) is 29.3 Å². The summed E-state index contributed by atoms with van der Waals surface area (Å²) in [5.41, 5.74) is 8.02. The van der Waals surface area contributed by atoms with Crippen molar-refractivity contribution in [2.75, 3.05) is 6.61 Å². The lowest BCUT2D eigenvalue weighted by atomic mass is 10.1. The molecule has 0 amide bonds. The van der Waals surface area contributed by atoms with E-state index in [-0.39, 0.29) is 6.04 Å². The highest BCUT2D eigenvalue weighted by atomic mass is 16.5. The third kappa shape index (κ3) is 3.30. The average Bonchev–Trinajstić information content (AvgIpc) is 2.20. The standard InChI is InChI=1S/C13H17NO/c1-4-5-8-15-13-7-6-12(11(3)14)9-10(13)2/h6-7,9,11H,8,14H2,1-3H3/t11-/m0/s1. The molecule has 0 fully saturated rings. The lowest BCUT2D eigenvalue weighted by Crippen LogP contribution is -2.05. The molecule has 0 radical (unpaired) electrons. The Morgan fingerprint density at radius 1 is 1.47 bits per heavy atom. The second-order valence-electron chi connectivity index (χ2n) is 3.53. The van der Waals surface area contributed by atoms with Crippen LogP contribution < -0.4 is 10.5 Å². The van der Waals surface area contributed by atoms with Gasteiger partial charge in [-0.25, -0.2) is 0 Å². The molecule has 1 rings (SSSR count). The van der Waals surface area contributed by atoms with Gasteiger partial charge >= 0.3 is 0 Å². The van der Waals surface area contributed by atoms with E-state index in [9.17, 15) is 0 Å². The van der Waals surface area contributed by atoms with Gasteiger partial charge in [-0.05, 0) is 38.0 Å². The van der Waals surface area contributed by atoms with E-state index in [1.54, 1.807) is 6.92 Å². The molecule has 0 saturated heterocycles. The maximum atomic E-state index is 5.79. The fraction of sp³-hybridized carbons (Fsp3) is 0.385. The Morgan fingerprint density at radius 2 is 2.20 bits per heavy atom. The van der Waals surface area contributed by atoms with Gasteiger partial charge in [0.2, 0.25) is 0 Å². The van der Waals surface area contributed by atoms with Crippen molar-refractivity contribution in [1.29, 1.82) is 0 Å². The largest absolute Gasteiger partial charge is 0.481 e. The maximum absolute atomic E-state index is 5.79. The third-order valence-electron chi connectivity index (χ3n) is 2.20. The summed E-state index contributed by atoms with van der Waals surface area (Å²) in [4.78, 5) is 0. The number of nitrogens with two attached hydrogens (primary N) is 1. The van der Waals surface area contributed by atoms with E-state index in [0.29, 0.717) is 6.61 Å². The van der Waals surface area contributed by atoms with Crippen LogP contribution in [0.1, 0.15) is 31.0 Å². The Kier molecular flexibility index (Phi) is 4.20. The zero-order valence-corrected chi connectivity index (χ0v) is 9.50. The minimum Gasteiger partial charge on any atom is -0.481 e. The van der Waals surface area contributed by atoms with Crippen LogP contribution in [0.5, 0.6) is 5.75 Å². The second kappa shape index (κ2) is 5.43. The fourth-order valence-corrected chi connectivity index (χ4v) is 1.30. The molecular formula is C13H17NO. The SMILES string of the molecule is CC#CCOc1ccc([C@H](C)N)cc1C. The lowest BCUT2D eigenvalue weighted by Gasteiger charge is -2.10. The number of rotatable bonds is 3. The Morgan fingerprint density at radius 3 is 2.73 bits per heavy atom. The Balaban J connectivity index is 2.77. The number of ether oxygens (including phenoxy) is 1. The smallest absolute Gasteiger partial charge is 0.149 e. The summed E-state index contributed by atoms with van der Waals surface area (Å²) < 4.78 is 5.50. The first-order chi connectivity index (χ1) is 7.15. The summed E-state index contributed by atoms with van der Waals surface area (Å²) in [6.45, 7) is 6.22. The summed E-state index contributed by atoms with van der Waals surface area (Å²) in [5, 5.41) is 0. The number of benzene rings is 1. The van der Waals surface area contributed by atoms with Gasteiger partial charge in [0.05, 0.1) is 0 Å². The van der Waals surface area contributed by atoms with Gasteiger partial charge in [0.25, 0.3) is 0 Å². The van der Waals surface area contributed by atoms with Crippen molar-refractivity contribution in [2.24, 2.45) is 5.73 Å². The quantitative estimate of drug-likeness (QED) is 0.766. The van der Waals surface area contributed by atoms with Gasteiger partial charge in [0.1, 0.15) is 12.4 Å². The first-order valence-corrected chi connectivity index (χ1v) is 5.03. The first kappa shape index (κ1) is 11.6. The van der Waals surface area contributed by atoms with Crippen LogP contribution in [0.15, 0.2) is 18.2 Å². The second-order valence-corrected chi connectivity index (χ2v) is 3.53. The maximum Gasteiger partial charge on any atom is 0.149 e. The summed E-state index contributed by atoms with van der Waals surface area (Å²) in [6.07, 6.45) is 0. The number of hydrogen-bond donors (Lipinski definition) is 1. The highest BCUT2D eigenvalue weighted by Gasteiger charge is 2.03. The average molecular weight is 203 g/mol. The van der Waals surface area contributed by atoms with Crippen LogP contribution in [0.4, 0.5) is 0 Å². The first-order valence-electron chi connectivity index (χ1n) is 5.03. The summed E-state index contributed by atoms with van der Waals surface area (Å²) >= 11 is 0. The van der Waals surface area contributed by atoms with Gasteiger partial charge in [0, 0.05) is 6.04 Å². The van der Waals surface area contributed by atoms with Crippen molar-refractivity contribution >= 4 is 0 Å². The molecule has 0 aliphatic heterocycles. The lowest BCUT2D eigenvalue weighted by molar-refractivity contribution is 0.367. The molecule has 1 aromatic carbocycles. The van der Waals surface area contributed by atoms with Crippen LogP contribution in [0.2, 0.25) is 0 Å². The van der Waals surface area contributed by atoms with Crippen LogP contribution in [-0.4, -0.2) is 6.61 Å². The van der Waals surface area contributed by atoms with E-state index in [1.165, 1.54) is 0 Å². The molecule has 80 valence electrons. The van der Waals surface area contributed by atoms with Gasteiger partial charge in [-0.15, -0.1) is 5.92 Å². The zero-order chi connectivity index (χ0) is 11.3. The van der Waals surface area contributed by atoms with Gasteiger partial charge in [0.15, 0.2) is 0 Å². The van der Waals surface area contributed by atoms with E-state index in [2.05, 4.69) is 17.9 Å². The van der Waals surface area contributed by atoms with Crippen LogP contribution in [0, 0.1) is 18.8 Å². The Labute approximate surface area is 91.4 Å². The number of aryl methyl sites for hydroxylation is 1. The summed E-state index contributed by atoms with van der Waals surface area (Å²) in [7, 11) is 0. The van der Waals surface area contributed by atoms with E-state index in [0.717, 1.165) is 16.9 Å². The molecule has 2 N–H and O–H groups in total. The molecule has 0 aliphatic carbocycles. The minimum atomic E-state index is 0.0631. The minimum absolute atomic E-state index is 0.0631. The monoisotopic (exact) mass is 203 g/mol. The molecule has 0 saturated carbocycles. The van der Waals surface area contributed by atoms with Crippen LogP contribution in [0.25, 0.3) is 0 Å². The molecule has 0 aromatic heterocycles. The number of hydrogen-bond acceptors (Lipinski definition) is 2. The van der Waals surface area contributed by atoms with Crippen LogP contribution in [0.3, 0.4) is 0 Å². The normalized spacial score (nSPS) is 11.5. The van der Waals surface area contributed by atoms with Gasteiger partial charge < -0.3 is 10.5 Å². The van der Waals surface area contributed by atoms with E-state index < -0.39 is 0 Å². The molecule has 2 heteroatoms. The van der Waals surface area contributed by atoms with Crippen molar-refractivity contribution < 1.29 is 4.74 Å². The molecular weight excluding hydrogens is 186 g/mol. The molecule has 0 bridgehead atoms. The molecule has 2 nitrogen and oxygen atoms in total. The van der Waals surface area contributed by atoms with E-state index >= 15 is 0 Å². The molecule has 1 atom stereocenters. The van der Waals surface area contributed by atoms with Crippen LogP contribution in [-0.2, 0) is 0 Å². The molecule has 0 unspecified atom stereocenters. The van der Waals surface area contributed by atoms with Crippen molar-refractivity contribution in [2.45, 2.75) is 26.8 Å². The predicted molar refractivity (Wildman–Crippen MR) is 62.7 cm³/mol. The van der Waals surface area contributed by atoms with Gasteiger partial charge in [-0.3, -0.25) is 0 Å². The zero-order valence-electron chi connectivity index (χ0n) is 9.50. The Bertz CT molecular complexity index is 385. The van der Waals surface area contributed by atoms with Crippen molar-refractivity contribution in [3.8, 4) is 17.6 Å². The molecule has 1 aromatic rings. The van der Waals surface area contributed by atoms with Crippen molar-refractivity contribution in [3.63, 3.8) is 0 Å². The summed E-state index contributed by atoms with van der Waals surface area (Å²) in [6, 6.07) is 6.06. The molecule has 0 heterocycles. The highest BCUT2D eigenvalue weighted by Crippen LogP contribution is 2.21. The van der Waals surface area contributed by atoms with Gasteiger partial charge in [-0.2, -0.15) is 0 Å². The topological polar surface area (TPSA) is 35.2 Å². The van der Waals surface area contributed by atoms with Crippen LogP contribution >= 0.6 is 0 Å². The fourth-order valence-electron chi connectivity index (χ4n) is 1.30. The Hall–Kier alpha value is -1.46. The van der Waals surface area contributed by atoms with E-state index in [4.69, 9.17) is 10.5 Å². The molecule has 0 spiro atoms. The molecule has 0 aliphatic rings. The predicted octanol–water partition coefficient (Wildman–Crippen LogP) is 2.42. The van der Waals surface area contributed by atoms with Gasteiger partial charge in [-0.1, -0.05) is 18.1 Å². The third-order valence-corrected chi connectivity index (χ3v) is 2.20. The highest BCUT2D eigenvalue weighted by molar-refractivity contribution is 5.37. The van der Waals surface area contributed by atoms with Crippen molar-refractivity contribution in [1.82, 2.24) is 0 Å². The van der Waals surface area contributed by atoms with E-state index in [1.807, 2.05) is 26.0 Å². The summed E-state index contributed by atoms with van der Waals surface area (Å²) in [5.74, 6) is 6.53.